The van der Waals surface area contributed by atoms with Crippen molar-refractivity contribution in [3.8, 4) is 0 Å². The summed E-state index contributed by atoms with van der Waals surface area (Å²) in [6.45, 7) is 0. The fourth-order valence-electron chi connectivity index (χ4n) is 1.08. The minimum absolute atomic E-state index is 0.707. The number of hydrogen-bond acceptors (Lipinski definition) is 2. The van der Waals surface area contributed by atoms with Gasteiger partial charge in [0, 0.05) is 20.1 Å². The van der Waals surface area contributed by atoms with Gasteiger partial charge < -0.3 is 0 Å². The maximum absolute atomic E-state index is 10.1. The molecular formula is C14H10Br2O2. The van der Waals surface area contributed by atoms with Gasteiger partial charge >= 0.3 is 0 Å². The third-order valence-corrected chi connectivity index (χ3v) is 3.07. The monoisotopic (exact) mass is 368 g/mol. The number of hydrogen-bond donors (Lipinski definition) is 0. The van der Waals surface area contributed by atoms with Crippen LogP contribution in [0.2, 0.25) is 0 Å². The Balaban J connectivity index is 0.000000180. The first-order valence-corrected chi connectivity index (χ1v) is 6.66. The number of benzene rings is 2. The van der Waals surface area contributed by atoms with E-state index < -0.39 is 0 Å². The molecule has 0 atom stereocenters. The van der Waals surface area contributed by atoms with E-state index in [1.54, 1.807) is 24.3 Å². The van der Waals surface area contributed by atoms with E-state index in [2.05, 4.69) is 31.9 Å². The molecule has 0 unspecified atom stereocenters. The number of aldehydes is 2. The summed E-state index contributed by atoms with van der Waals surface area (Å²) in [6, 6.07) is 14.4. The van der Waals surface area contributed by atoms with Gasteiger partial charge in [-0.1, -0.05) is 56.1 Å². The third-order valence-electron chi connectivity index (χ3n) is 2.01. The molecule has 2 rings (SSSR count). The Morgan fingerprint density at radius 1 is 0.611 bits per heavy atom. The van der Waals surface area contributed by atoms with Gasteiger partial charge in [0.05, 0.1) is 0 Å². The first kappa shape index (κ1) is 14.8. The molecule has 0 aromatic heterocycles. The van der Waals surface area contributed by atoms with Crippen LogP contribution in [-0.2, 0) is 0 Å². The van der Waals surface area contributed by atoms with Gasteiger partial charge in [0.2, 0.25) is 0 Å². The predicted molar refractivity (Wildman–Crippen MR) is 79.1 cm³/mol. The summed E-state index contributed by atoms with van der Waals surface area (Å²) >= 11 is 6.52. The SMILES string of the molecule is O=Cc1ccc(Br)cc1.O=Cc1ccc(Br)cc1. The van der Waals surface area contributed by atoms with Crippen LogP contribution in [0.4, 0.5) is 0 Å². The van der Waals surface area contributed by atoms with Crippen molar-refractivity contribution in [2.45, 2.75) is 0 Å². The van der Waals surface area contributed by atoms with Gasteiger partial charge in [0.15, 0.2) is 0 Å². The fourth-order valence-corrected chi connectivity index (χ4v) is 1.61. The van der Waals surface area contributed by atoms with E-state index in [4.69, 9.17) is 0 Å². The predicted octanol–water partition coefficient (Wildman–Crippen LogP) is 4.52. The van der Waals surface area contributed by atoms with Crippen molar-refractivity contribution in [2.75, 3.05) is 0 Å². The molecule has 2 aromatic rings. The van der Waals surface area contributed by atoms with Crippen molar-refractivity contribution < 1.29 is 9.59 Å². The van der Waals surface area contributed by atoms with E-state index >= 15 is 0 Å². The lowest BCUT2D eigenvalue weighted by molar-refractivity contribution is 0.111. The first-order valence-electron chi connectivity index (χ1n) is 5.07. The first-order chi connectivity index (χ1) is 8.65. The van der Waals surface area contributed by atoms with Gasteiger partial charge in [-0.3, -0.25) is 9.59 Å². The topological polar surface area (TPSA) is 34.1 Å². The highest BCUT2D eigenvalue weighted by Gasteiger charge is 1.87. The average Bonchev–Trinajstić information content (AvgIpc) is 2.41. The summed E-state index contributed by atoms with van der Waals surface area (Å²) in [5.41, 5.74) is 1.41. The van der Waals surface area contributed by atoms with E-state index in [1.165, 1.54) is 0 Å². The van der Waals surface area contributed by atoms with Gasteiger partial charge in [-0.15, -0.1) is 0 Å². The zero-order valence-corrected chi connectivity index (χ0v) is 12.5. The summed E-state index contributed by atoms with van der Waals surface area (Å²) in [4.78, 5) is 20.2. The Hall–Kier alpha value is -1.26. The molecule has 0 amide bonds. The zero-order chi connectivity index (χ0) is 13.4. The summed E-state index contributed by atoms with van der Waals surface area (Å²) < 4.78 is 1.99. The molecule has 18 heavy (non-hydrogen) atoms. The van der Waals surface area contributed by atoms with Crippen LogP contribution in [0, 0.1) is 0 Å². The third kappa shape index (κ3) is 5.38. The second-order valence-electron chi connectivity index (χ2n) is 3.34. The van der Waals surface area contributed by atoms with E-state index in [0.29, 0.717) is 11.1 Å². The molecule has 0 aliphatic rings. The smallest absolute Gasteiger partial charge is 0.150 e. The molecule has 0 aliphatic carbocycles. The van der Waals surface area contributed by atoms with Crippen LogP contribution >= 0.6 is 31.9 Å². The van der Waals surface area contributed by atoms with Crippen molar-refractivity contribution in [1.82, 2.24) is 0 Å². The highest BCUT2D eigenvalue weighted by Crippen LogP contribution is 2.09. The molecule has 0 N–H and O–H groups in total. The van der Waals surface area contributed by atoms with Gasteiger partial charge in [0.1, 0.15) is 12.6 Å². The number of rotatable bonds is 2. The standard InChI is InChI=1S/2C7H5BrO/c2*8-7-3-1-6(5-9)2-4-7/h2*1-5H. The summed E-state index contributed by atoms with van der Waals surface area (Å²) in [5.74, 6) is 0. The molecule has 0 fully saturated rings. The molecular weight excluding hydrogens is 360 g/mol. The number of carbonyl (C=O) groups is 2. The van der Waals surface area contributed by atoms with Crippen molar-refractivity contribution >= 4 is 44.4 Å². The lowest BCUT2D eigenvalue weighted by atomic mass is 10.2. The second-order valence-corrected chi connectivity index (χ2v) is 5.17. The molecule has 0 saturated carbocycles. The van der Waals surface area contributed by atoms with E-state index in [9.17, 15) is 9.59 Å². The van der Waals surface area contributed by atoms with Gasteiger partial charge in [0.25, 0.3) is 0 Å². The van der Waals surface area contributed by atoms with Gasteiger partial charge in [-0.05, 0) is 24.3 Å². The van der Waals surface area contributed by atoms with Crippen LogP contribution in [0.3, 0.4) is 0 Å². The Labute approximate surface area is 122 Å². The molecule has 0 aliphatic heterocycles. The zero-order valence-electron chi connectivity index (χ0n) is 9.35. The summed E-state index contributed by atoms with van der Waals surface area (Å²) in [5, 5.41) is 0. The lowest BCUT2D eigenvalue weighted by Gasteiger charge is -1.87. The van der Waals surface area contributed by atoms with Crippen LogP contribution in [0.15, 0.2) is 57.5 Å². The summed E-state index contributed by atoms with van der Waals surface area (Å²) in [6.07, 6.45) is 1.65. The normalized spacial score (nSPS) is 9.00. The Kier molecular flexibility index (Phi) is 6.54. The van der Waals surface area contributed by atoms with Crippen molar-refractivity contribution in [2.24, 2.45) is 0 Å². The molecule has 2 aromatic carbocycles. The number of carbonyl (C=O) groups excluding carboxylic acids is 2. The van der Waals surface area contributed by atoms with Crippen molar-refractivity contribution in [3.63, 3.8) is 0 Å². The highest BCUT2D eigenvalue weighted by molar-refractivity contribution is 9.10. The van der Waals surface area contributed by atoms with Gasteiger partial charge in [-0.2, -0.15) is 0 Å². The Morgan fingerprint density at radius 2 is 0.889 bits per heavy atom. The largest absolute Gasteiger partial charge is 0.298 e. The Bertz CT molecular complexity index is 455. The number of halogens is 2. The quantitative estimate of drug-likeness (QED) is 0.729. The molecule has 92 valence electrons. The second kappa shape index (κ2) is 7.95. The highest BCUT2D eigenvalue weighted by atomic mass is 79.9. The van der Waals surface area contributed by atoms with E-state index in [1.807, 2.05) is 24.3 Å². The molecule has 0 spiro atoms. The van der Waals surface area contributed by atoms with Crippen LogP contribution in [0.5, 0.6) is 0 Å². The van der Waals surface area contributed by atoms with Crippen LogP contribution in [0.25, 0.3) is 0 Å². The molecule has 0 heterocycles. The van der Waals surface area contributed by atoms with Gasteiger partial charge in [-0.25, -0.2) is 0 Å². The minimum Gasteiger partial charge on any atom is -0.298 e. The molecule has 2 nitrogen and oxygen atoms in total. The van der Waals surface area contributed by atoms with Crippen LogP contribution in [-0.4, -0.2) is 12.6 Å². The molecule has 0 bridgehead atoms. The molecule has 4 heteroatoms. The van der Waals surface area contributed by atoms with Crippen molar-refractivity contribution in [3.05, 3.63) is 68.6 Å². The van der Waals surface area contributed by atoms with Crippen LogP contribution in [0.1, 0.15) is 20.7 Å². The van der Waals surface area contributed by atoms with Crippen LogP contribution < -0.4 is 0 Å². The van der Waals surface area contributed by atoms with E-state index in [0.717, 1.165) is 21.5 Å². The maximum atomic E-state index is 10.1. The summed E-state index contributed by atoms with van der Waals surface area (Å²) in [7, 11) is 0. The lowest BCUT2D eigenvalue weighted by Crippen LogP contribution is -1.75. The van der Waals surface area contributed by atoms with Crippen molar-refractivity contribution in [1.29, 1.82) is 0 Å². The Morgan fingerprint density at radius 3 is 1.11 bits per heavy atom. The molecule has 0 radical (unpaired) electrons. The minimum atomic E-state index is 0.707. The average molecular weight is 370 g/mol. The van der Waals surface area contributed by atoms with E-state index in [-0.39, 0.29) is 0 Å². The fraction of sp³-hybridized carbons (Fsp3) is 0. The maximum Gasteiger partial charge on any atom is 0.150 e. The molecule has 0 saturated heterocycles.